The molecule has 8 heteroatoms. The zero-order chi connectivity index (χ0) is 16.0. The summed E-state index contributed by atoms with van der Waals surface area (Å²) in [6.45, 7) is 2.99. The molecule has 0 aliphatic rings. The highest BCUT2D eigenvalue weighted by Crippen LogP contribution is 2.23. The molecule has 0 atom stereocenters. The number of nitrogens with zero attached hydrogens (tertiary/aromatic N) is 1. The second-order valence-corrected chi connectivity index (χ2v) is 7.74. The summed E-state index contributed by atoms with van der Waals surface area (Å²) in [5.41, 5.74) is 0.471. The van der Waals surface area contributed by atoms with Crippen LogP contribution in [-0.4, -0.2) is 44.5 Å². The molecule has 0 spiro atoms. The molecule has 0 fully saturated rings. The smallest absolute Gasteiger partial charge is 0.251 e. The van der Waals surface area contributed by atoms with Crippen LogP contribution in [0.2, 0.25) is 5.02 Å². The van der Waals surface area contributed by atoms with E-state index in [1.54, 1.807) is 25.1 Å². The van der Waals surface area contributed by atoms with Gasteiger partial charge in [-0.2, -0.15) is 0 Å². The Morgan fingerprint density at radius 1 is 1.43 bits per heavy atom. The van der Waals surface area contributed by atoms with E-state index in [0.717, 1.165) is 4.47 Å². The molecular formula is C13H18BrClN2O3S. The highest BCUT2D eigenvalue weighted by molar-refractivity contribution is 9.10. The second-order valence-electron chi connectivity index (χ2n) is 4.49. The Morgan fingerprint density at radius 2 is 2.10 bits per heavy atom. The lowest BCUT2D eigenvalue weighted by atomic mass is 10.2. The van der Waals surface area contributed by atoms with Crippen molar-refractivity contribution in [3.8, 4) is 0 Å². The van der Waals surface area contributed by atoms with Crippen molar-refractivity contribution in [3.63, 3.8) is 0 Å². The first kappa shape index (κ1) is 18.4. The summed E-state index contributed by atoms with van der Waals surface area (Å²) in [6.07, 6.45) is 1.73. The Balaban J connectivity index is 2.45. The molecule has 0 aliphatic heterocycles. The number of halogens is 2. The van der Waals surface area contributed by atoms with Gasteiger partial charge in [0.15, 0.2) is 0 Å². The van der Waals surface area contributed by atoms with Crippen molar-refractivity contribution in [2.24, 2.45) is 0 Å². The van der Waals surface area contributed by atoms with Crippen molar-refractivity contribution in [1.29, 1.82) is 0 Å². The van der Waals surface area contributed by atoms with Gasteiger partial charge in [0.25, 0.3) is 5.91 Å². The lowest BCUT2D eigenvalue weighted by molar-refractivity contribution is 0.0953. The van der Waals surface area contributed by atoms with Crippen molar-refractivity contribution in [2.45, 2.75) is 13.3 Å². The van der Waals surface area contributed by atoms with Gasteiger partial charge in [-0.1, -0.05) is 18.5 Å². The van der Waals surface area contributed by atoms with E-state index in [0.29, 0.717) is 36.6 Å². The molecule has 5 nitrogen and oxygen atoms in total. The third-order valence-electron chi connectivity index (χ3n) is 2.87. The molecule has 21 heavy (non-hydrogen) atoms. The third kappa shape index (κ3) is 5.94. The number of hydrogen-bond acceptors (Lipinski definition) is 3. The lowest BCUT2D eigenvalue weighted by Gasteiger charge is -2.17. The first-order chi connectivity index (χ1) is 9.75. The van der Waals surface area contributed by atoms with Crippen LogP contribution in [0.3, 0.4) is 0 Å². The number of nitrogens with one attached hydrogen (secondary N) is 1. The van der Waals surface area contributed by atoms with E-state index in [1.807, 2.05) is 0 Å². The monoisotopic (exact) mass is 396 g/mol. The summed E-state index contributed by atoms with van der Waals surface area (Å²) in [5.74, 6) is -0.230. The summed E-state index contributed by atoms with van der Waals surface area (Å²) in [7, 11) is -3.18. The SMILES string of the molecule is CCN(CCCNC(=O)c1ccc(Br)c(Cl)c1)S(C)(=O)=O. The number of benzene rings is 1. The summed E-state index contributed by atoms with van der Waals surface area (Å²) in [6, 6.07) is 4.95. The molecule has 0 saturated heterocycles. The molecular weight excluding hydrogens is 380 g/mol. The average Bonchev–Trinajstić information content (AvgIpc) is 2.40. The molecule has 0 unspecified atom stereocenters. The van der Waals surface area contributed by atoms with Crippen LogP contribution in [0.1, 0.15) is 23.7 Å². The molecule has 1 N–H and O–H groups in total. The summed E-state index contributed by atoms with van der Waals surface area (Å²) >= 11 is 9.19. The Labute approximate surface area is 138 Å². The maximum Gasteiger partial charge on any atom is 0.251 e. The largest absolute Gasteiger partial charge is 0.352 e. The van der Waals surface area contributed by atoms with Gasteiger partial charge < -0.3 is 5.32 Å². The summed E-state index contributed by atoms with van der Waals surface area (Å²) < 4.78 is 24.9. The van der Waals surface area contributed by atoms with Crippen LogP contribution in [0.5, 0.6) is 0 Å². The molecule has 0 saturated carbocycles. The van der Waals surface area contributed by atoms with Gasteiger partial charge in [-0.3, -0.25) is 4.79 Å². The van der Waals surface area contributed by atoms with Crippen LogP contribution < -0.4 is 5.32 Å². The number of hydrogen-bond donors (Lipinski definition) is 1. The summed E-state index contributed by atoms with van der Waals surface area (Å²) in [5, 5.41) is 3.21. The molecule has 1 aromatic carbocycles. The predicted octanol–water partition coefficient (Wildman–Crippen LogP) is 2.50. The second kappa shape index (κ2) is 8.12. The van der Waals surface area contributed by atoms with Crippen molar-refractivity contribution < 1.29 is 13.2 Å². The van der Waals surface area contributed by atoms with Gasteiger partial charge in [-0.15, -0.1) is 0 Å². The van der Waals surface area contributed by atoms with E-state index in [2.05, 4.69) is 21.2 Å². The maximum absolute atomic E-state index is 11.9. The van der Waals surface area contributed by atoms with Crippen LogP contribution in [0, 0.1) is 0 Å². The Hall–Kier alpha value is -0.630. The molecule has 0 aliphatic carbocycles. The van der Waals surface area contributed by atoms with Gasteiger partial charge >= 0.3 is 0 Å². The normalized spacial score (nSPS) is 11.7. The lowest BCUT2D eigenvalue weighted by Crippen LogP contribution is -2.33. The number of carbonyl (C=O) groups is 1. The van der Waals surface area contributed by atoms with Gasteiger partial charge in [0.1, 0.15) is 0 Å². The Kier molecular flexibility index (Phi) is 7.12. The molecule has 1 aromatic rings. The number of carbonyl (C=O) groups excluding carboxylic acids is 1. The van der Waals surface area contributed by atoms with Gasteiger partial charge in [0.2, 0.25) is 10.0 Å². The molecule has 1 rings (SSSR count). The van der Waals surface area contributed by atoms with E-state index in [4.69, 9.17) is 11.6 Å². The van der Waals surface area contributed by atoms with E-state index >= 15 is 0 Å². The van der Waals surface area contributed by atoms with Gasteiger partial charge in [-0.05, 0) is 40.5 Å². The Morgan fingerprint density at radius 3 is 2.62 bits per heavy atom. The van der Waals surface area contributed by atoms with Crippen molar-refractivity contribution in [1.82, 2.24) is 9.62 Å². The van der Waals surface area contributed by atoms with Gasteiger partial charge in [0.05, 0.1) is 11.3 Å². The fourth-order valence-electron chi connectivity index (χ4n) is 1.76. The van der Waals surface area contributed by atoms with Crippen molar-refractivity contribution in [2.75, 3.05) is 25.9 Å². The predicted molar refractivity (Wildman–Crippen MR) is 88.2 cm³/mol. The van der Waals surface area contributed by atoms with E-state index in [1.165, 1.54) is 10.6 Å². The van der Waals surface area contributed by atoms with Crippen LogP contribution in [-0.2, 0) is 10.0 Å². The Bertz CT molecular complexity index is 607. The fraction of sp³-hybridized carbons (Fsp3) is 0.462. The van der Waals surface area contributed by atoms with Crippen LogP contribution in [0.15, 0.2) is 22.7 Å². The fourth-order valence-corrected chi connectivity index (χ4v) is 3.11. The quantitative estimate of drug-likeness (QED) is 0.719. The molecule has 0 heterocycles. The van der Waals surface area contributed by atoms with Gasteiger partial charge in [0, 0.05) is 29.7 Å². The summed E-state index contributed by atoms with van der Waals surface area (Å²) in [4.78, 5) is 11.9. The molecule has 118 valence electrons. The molecule has 0 radical (unpaired) electrons. The van der Waals surface area contributed by atoms with Crippen molar-refractivity contribution in [3.05, 3.63) is 33.3 Å². The van der Waals surface area contributed by atoms with Crippen LogP contribution in [0.4, 0.5) is 0 Å². The first-order valence-electron chi connectivity index (χ1n) is 6.44. The van der Waals surface area contributed by atoms with Crippen LogP contribution in [0.25, 0.3) is 0 Å². The van der Waals surface area contributed by atoms with Gasteiger partial charge in [-0.25, -0.2) is 12.7 Å². The highest BCUT2D eigenvalue weighted by Gasteiger charge is 2.13. The van der Waals surface area contributed by atoms with E-state index in [9.17, 15) is 13.2 Å². The van der Waals surface area contributed by atoms with E-state index < -0.39 is 10.0 Å². The number of sulfonamides is 1. The minimum Gasteiger partial charge on any atom is -0.352 e. The number of amides is 1. The highest BCUT2D eigenvalue weighted by atomic mass is 79.9. The van der Waals surface area contributed by atoms with E-state index in [-0.39, 0.29) is 5.91 Å². The molecule has 0 bridgehead atoms. The molecule has 0 aromatic heterocycles. The standard InChI is InChI=1S/C13H18BrClN2O3S/c1-3-17(21(2,19)20)8-4-7-16-13(18)10-5-6-11(14)12(15)9-10/h5-6,9H,3-4,7-8H2,1-2H3,(H,16,18). The van der Waals surface area contributed by atoms with Crippen molar-refractivity contribution >= 4 is 43.5 Å². The average molecular weight is 398 g/mol. The first-order valence-corrected chi connectivity index (χ1v) is 9.46. The maximum atomic E-state index is 11.9. The van der Waals surface area contributed by atoms with Crippen LogP contribution >= 0.6 is 27.5 Å². The molecule has 1 amide bonds. The zero-order valence-corrected chi connectivity index (χ0v) is 15.1. The minimum absolute atomic E-state index is 0.230. The minimum atomic E-state index is -3.18. The third-order valence-corrected chi connectivity index (χ3v) is 5.48. The zero-order valence-electron chi connectivity index (χ0n) is 11.9. The topological polar surface area (TPSA) is 66.5 Å². The number of rotatable bonds is 7.